The van der Waals surface area contributed by atoms with Gasteiger partial charge in [-0.2, -0.15) is 0 Å². The van der Waals surface area contributed by atoms with Gasteiger partial charge < -0.3 is 10.1 Å². The fourth-order valence-corrected chi connectivity index (χ4v) is 1.32. The van der Waals surface area contributed by atoms with Crippen LogP contribution >= 0.6 is 11.6 Å². The van der Waals surface area contributed by atoms with Gasteiger partial charge in [-0.25, -0.2) is 0 Å². The van der Waals surface area contributed by atoms with Crippen molar-refractivity contribution >= 4 is 11.6 Å². The van der Waals surface area contributed by atoms with E-state index in [1.165, 1.54) is 0 Å². The van der Waals surface area contributed by atoms with E-state index in [1.54, 1.807) is 0 Å². The van der Waals surface area contributed by atoms with E-state index in [0.29, 0.717) is 13.2 Å². The number of halogens is 1. The lowest BCUT2D eigenvalue weighted by Crippen LogP contribution is -2.13. The Morgan fingerprint density at radius 3 is 2.67 bits per heavy atom. The van der Waals surface area contributed by atoms with E-state index in [-0.39, 0.29) is 0 Å². The molecule has 0 amide bonds. The van der Waals surface area contributed by atoms with E-state index in [9.17, 15) is 0 Å². The van der Waals surface area contributed by atoms with Crippen LogP contribution in [0.15, 0.2) is 36.4 Å². The van der Waals surface area contributed by atoms with E-state index in [2.05, 4.69) is 11.9 Å². The zero-order chi connectivity index (χ0) is 11.1. The maximum absolute atomic E-state index is 5.77. The second-order valence-corrected chi connectivity index (χ2v) is 3.84. The average molecular weight is 226 g/mol. The van der Waals surface area contributed by atoms with Crippen LogP contribution in [0.1, 0.15) is 5.56 Å². The van der Waals surface area contributed by atoms with E-state index in [0.717, 1.165) is 22.7 Å². The third-order valence-electron chi connectivity index (χ3n) is 1.91. The lowest BCUT2D eigenvalue weighted by molar-refractivity contribution is 0.141. The third kappa shape index (κ3) is 4.98. The maximum atomic E-state index is 5.77. The van der Waals surface area contributed by atoms with Crippen LogP contribution in [0.2, 0.25) is 5.02 Å². The van der Waals surface area contributed by atoms with Crippen LogP contribution in [0.4, 0.5) is 0 Å². The number of rotatable bonds is 6. The molecule has 0 spiro atoms. The summed E-state index contributed by atoms with van der Waals surface area (Å²) in [6.07, 6.45) is 0. The molecule has 0 aliphatic carbocycles. The van der Waals surface area contributed by atoms with Crippen molar-refractivity contribution in [3.05, 3.63) is 47.0 Å². The Kier molecular flexibility index (Phi) is 5.40. The minimum absolute atomic E-state index is 0.587. The predicted octanol–water partition coefficient (Wildman–Crippen LogP) is 2.63. The second kappa shape index (κ2) is 6.62. The van der Waals surface area contributed by atoms with Gasteiger partial charge in [-0.3, -0.25) is 0 Å². The van der Waals surface area contributed by atoms with Crippen molar-refractivity contribution in [2.24, 2.45) is 0 Å². The topological polar surface area (TPSA) is 21.3 Å². The van der Waals surface area contributed by atoms with Crippen molar-refractivity contribution in [3.8, 4) is 0 Å². The molecule has 0 heterocycles. The maximum Gasteiger partial charge on any atom is 0.0721 e. The summed E-state index contributed by atoms with van der Waals surface area (Å²) in [4.78, 5) is 0. The van der Waals surface area contributed by atoms with E-state index < -0.39 is 0 Å². The molecule has 15 heavy (non-hydrogen) atoms. The van der Waals surface area contributed by atoms with Gasteiger partial charge >= 0.3 is 0 Å². The molecular weight excluding hydrogens is 210 g/mol. The number of likely N-dealkylation sites (N-methyl/N-ethyl adjacent to an activating group) is 1. The smallest absolute Gasteiger partial charge is 0.0721 e. The van der Waals surface area contributed by atoms with Crippen LogP contribution in [0.25, 0.3) is 0 Å². The van der Waals surface area contributed by atoms with Crippen LogP contribution < -0.4 is 5.32 Å². The molecular formula is C12H16ClNO. The highest BCUT2D eigenvalue weighted by molar-refractivity contribution is 6.30. The predicted molar refractivity (Wildman–Crippen MR) is 64.2 cm³/mol. The summed E-state index contributed by atoms with van der Waals surface area (Å²) >= 11 is 5.77. The molecule has 0 bridgehead atoms. The molecule has 82 valence electrons. The first kappa shape index (κ1) is 12.2. The number of hydrogen-bond acceptors (Lipinski definition) is 2. The Labute approximate surface area is 95.9 Å². The first-order valence-corrected chi connectivity index (χ1v) is 5.23. The van der Waals surface area contributed by atoms with Gasteiger partial charge in [0.1, 0.15) is 0 Å². The summed E-state index contributed by atoms with van der Waals surface area (Å²) in [7, 11) is 1.89. The number of ether oxygens (including phenoxy) is 1. The first-order chi connectivity index (χ1) is 7.22. The first-order valence-electron chi connectivity index (χ1n) is 4.86. The Balaban J connectivity index is 2.26. The molecule has 0 radical (unpaired) electrons. The van der Waals surface area contributed by atoms with Gasteiger partial charge in [-0.15, -0.1) is 0 Å². The van der Waals surface area contributed by atoms with Crippen molar-refractivity contribution in [3.63, 3.8) is 0 Å². The fraction of sp³-hybridized carbons (Fsp3) is 0.333. The quantitative estimate of drug-likeness (QED) is 0.752. The van der Waals surface area contributed by atoms with Crippen molar-refractivity contribution in [1.82, 2.24) is 5.32 Å². The Bertz CT molecular complexity index is 308. The second-order valence-electron chi connectivity index (χ2n) is 3.40. The van der Waals surface area contributed by atoms with E-state index >= 15 is 0 Å². The largest absolute Gasteiger partial charge is 0.372 e. The molecule has 1 aromatic rings. The summed E-state index contributed by atoms with van der Waals surface area (Å²) in [5.41, 5.74) is 2.17. The molecule has 0 saturated carbocycles. The van der Waals surface area contributed by atoms with E-state index in [1.807, 2.05) is 31.3 Å². The lowest BCUT2D eigenvalue weighted by Gasteiger charge is -2.06. The van der Waals surface area contributed by atoms with Crippen LogP contribution in [0.5, 0.6) is 0 Å². The molecule has 2 nitrogen and oxygen atoms in total. The molecule has 0 aliphatic heterocycles. The van der Waals surface area contributed by atoms with Gasteiger partial charge in [0, 0.05) is 11.6 Å². The zero-order valence-corrected chi connectivity index (χ0v) is 9.68. The minimum Gasteiger partial charge on any atom is -0.372 e. The summed E-state index contributed by atoms with van der Waals surface area (Å²) in [5, 5.41) is 3.78. The normalized spacial score (nSPS) is 10.3. The minimum atomic E-state index is 0.587. The molecule has 0 unspecified atom stereocenters. The van der Waals surface area contributed by atoms with Crippen LogP contribution in [0, 0.1) is 0 Å². The number of benzene rings is 1. The van der Waals surface area contributed by atoms with Gasteiger partial charge in [0.2, 0.25) is 0 Å². The summed E-state index contributed by atoms with van der Waals surface area (Å²) in [5.74, 6) is 0. The Morgan fingerprint density at radius 1 is 1.40 bits per heavy atom. The van der Waals surface area contributed by atoms with Gasteiger partial charge in [0.25, 0.3) is 0 Å². The molecule has 3 heteroatoms. The SMILES string of the molecule is C=C(CNC)COCc1ccc(Cl)cc1. The molecule has 1 rings (SSSR count). The van der Waals surface area contributed by atoms with Crippen molar-refractivity contribution in [2.75, 3.05) is 20.2 Å². The molecule has 1 aromatic carbocycles. The molecule has 0 saturated heterocycles. The monoisotopic (exact) mass is 225 g/mol. The van der Waals surface area contributed by atoms with Crippen LogP contribution in [0.3, 0.4) is 0 Å². The highest BCUT2D eigenvalue weighted by Gasteiger charge is 1.95. The van der Waals surface area contributed by atoms with Crippen LogP contribution in [-0.4, -0.2) is 20.2 Å². The fourth-order valence-electron chi connectivity index (χ4n) is 1.19. The van der Waals surface area contributed by atoms with Gasteiger partial charge in [0.05, 0.1) is 13.2 Å². The highest BCUT2D eigenvalue weighted by Crippen LogP contribution is 2.10. The van der Waals surface area contributed by atoms with Crippen molar-refractivity contribution < 1.29 is 4.74 Å². The molecule has 1 N–H and O–H groups in total. The van der Waals surface area contributed by atoms with E-state index in [4.69, 9.17) is 16.3 Å². The molecule has 0 aliphatic rings. The lowest BCUT2D eigenvalue weighted by atomic mass is 10.2. The number of nitrogens with one attached hydrogen (secondary N) is 1. The number of hydrogen-bond donors (Lipinski definition) is 1. The average Bonchev–Trinajstić information content (AvgIpc) is 2.21. The standard InChI is InChI=1S/C12H16ClNO/c1-10(7-14-2)8-15-9-11-3-5-12(13)6-4-11/h3-6,14H,1,7-9H2,2H3. The summed E-state index contributed by atoms with van der Waals surface area (Å²) in [6.45, 7) is 5.86. The van der Waals surface area contributed by atoms with Gasteiger partial charge in [-0.1, -0.05) is 30.3 Å². The summed E-state index contributed by atoms with van der Waals surface area (Å²) < 4.78 is 5.49. The Hall–Kier alpha value is -0.830. The molecule has 0 fully saturated rings. The van der Waals surface area contributed by atoms with Gasteiger partial charge in [-0.05, 0) is 30.3 Å². The molecule has 0 atom stereocenters. The van der Waals surface area contributed by atoms with Gasteiger partial charge in [0.15, 0.2) is 0 Å². The third-order valence-corrected chi connectivity index (χ3v) is 2.17. The van der Waals surface area contributed by atoms with Crippen molar-refractivity contribution in [1.29, 1.82) is 0 Å². The zero-order valence-electron chi connectivity index (χ0n) is 8.92. The van der Waals surface area contributed by atoms with Crippen LogP contribution in [-0.2, 0) is 11.3 Å². The highest BCUT2D eigenvalue weighted by atomic mass is 35.5. The summed E-state index contributed by atoms with van der Waals surface area (Å²) in [6, 6.07) is 7.65. The molecule has 0 aromatic heterocycles. The Morgan fingerprint density at radius 2 is 2.07 bits per heavy atom. The van der Waals surface area contributed by atoms with Crippen molar-refractivity contribution in [2.45, 2.75) is 6.61 Å².